The molecule has 0 saturated heterocycles. The highest BCUT2D eigenvalue weighted by Gasteiger charge is 2.24. The Hall–Kier alpha value is -4.02. The van der Waals surface area contributed by atoms with E-state index < -0.39 is 22.2 Å². The number of fused-ring (bicyclic) bond motifs is 1. The Balaban J connectivity index is 1.66. The van der Waals surface area contributed by atoms with Crippen molar-refractivity contribution in [1.29, 1.82) is 0 Å². The highest BCUT2D eigenvalue weighted by Crippen LogP contribution is 2.36. The first-order valence-electron chi connectivity index (χ1n) is 8.39. The number of rotatable bonds is 5. The Morgan fingerprint density at radius 3 is 2.17 bits per heavy atom. The van der Waals surface area contributed by atoms with Crippen molar-refractivity contribution in [2.45, 2.75) is 0 Å². The molecular formula is C18H13F2N5O4. The highest BCUT2D eigenvalue weighted by atomic mass is 19.2. The van der Waals surface area contributed by atoms with Gasteiger partial charge in [-0.2, -0.15) is 0 Å². The monoisotopic (exact) mass is 401 g/mol. The van der Waals surface area contributed by atoms with Gasteiger partial charge in [-0.1, -0.05) is 0 Å². The smallest absolute Gasteiger partial charge is 0.353 e. The molecule has 1 aliphatic rings. The molecule has 9 nitrogen and oxygen atoms in total. The maximum atomic E-state index is 13.4. The van der Waals surface area contributed by atoms with Gasteiger partial charge in [0.1, 0.15) is 19.5 Å². The van der Waals surface area contributed by atoms with Gasteiger partial charge in [0, 0.05) is 23.5 Å². The summed E-state index contributed by atoms with van der Waals surface area (Å²) in [6.45, 7) is 0.836. The quantitative estimate of drug-likeness (QED) is 0.489. The molecule has 1 aromatic heterocycles. The number of nitrogens with zero attached hydrogens (tertiary/aromatic N) is 3. The van der Waals surface area contributed by atoms with E-state index in [1.807, 2.05) is 0 Å². The second kappa shape index (κ2) is 7.54. The Bertz CT molecular complexity index is 1100. The molecule has 2 heterocycles. The number of halogens is 2. The van der Waals surface area contributed by atoms with Gasteiger partial charge in [0.05, 0.1) is 4.92 Å². The minimum atomic E-state index is -1.10. The van der Waals surface area contributed by atoms with Crippen LogP contribution in [0.5, 0.6) is 11.5 Å². The lowest BCUT2D eigenvalue weighted by Crippen LogP contribution is -2.15. The SMILES string of the molecule is O=[N+]([O-])c1c(Nc2ccc(F)c(F)c2)ncnc1Nc1ccc2c(c1)OCCO2. The standard InChI is InChI=1S/C18H13F2N5O4/c19-12-3-1-10(7-13(12)20)23-17-16(25(26)27)18(22-9-21-17)24-11-2-4-14-15(8-11)29-6-5-28-14/h1-4,7-9H,5-6H2,(H2,21,22,23,24). The summed E-state index contributed by atoms with van der Waals surface area (Å²) >= 11 is 0. The Morgan fingerprint density at radius 2 is 1.52 bits per heavy atom. The molecule has 1 aliphatic heterocycles. The van der Waals surface area contributed by atoms with Crippen molar-refractivity contribution in [2.24, 2.45) is 0 Å². The van der Waals surface area contributed by atoms with Crippen LogP contribution in [0.2, 0.25) is 0 Å². The van der Waals surface area contributed by atoms with E-state index in [1.165, 1.54) is 6.07 Å². The first kappa shape index (κ1) is 18.3. The van der Waals surface area contributed by atoms with Gasteiger partial charge in [-0.3, -0.25) is 10.1 Å². The van der Waals surface area contributed by atoms with Crippen LogP contribution in [-0.4, -0.2) is 28.1 Å². The predicted octanol–water partition coefficient (Wildman–Crippen LogP) is 3.92. The number of ether oxygens (including phenoxy) is 2. The molecule has 148 valence electrons. The molecule has 0 unspecified atom stereocenters. The molecule has 0 bridgehead atoms. The third kappa shape index (κ3) is 3.83. The molecule has 0 atom stereocenters. The number of benzene rings is 2. The van der Waals surface area contributed by atoms with Gasteiger partial charge in [-0.05, 0) is 24.3 Å². The number of nitro groups is 1. The van der Waals surface area contributed by atoms with E-state index in [0.29, 0.717) is 30.4 Å². The first-order chi connectivity index (χ1) is 14.0. The van der Waals surface area contributed by atoms with Gasteiger partial charge < -0.3 is 20.1 Å². The summed E-state index contributed by atoms with van der Waals surface area (Å²) in [6.07, 6.45) is 1.11. The molecule has 0 aliphatic carbocycles. The number of aromatic nitrogens is 2. The Labute approximate surface area is 162 Å². The van der Waals surface area contributed by atoms with Crippen LogP contribution in [0.25, 0.3) is 0 Å². The third-order valence-electron chi connectivity index (χ3n) is 3.99. The zero-order valence-corrected chi connectivity index (χ0v) is 14.7. The highest BCUT2D eigenvalue weighted by molar-refractivity contribution is 5.77. The number of nitrogens with one attached hydrogen (secondary N) is 2. The van der Waals surface area contributed by atoms with Crippen molar-refractivity contribution in [3.8, 4) is 11.5 Å². The molecule has 2 aromatic carbocycles. The van der Waals surface area contributed by atoms with Gasteiger partial charge in [-0.25, -0.2) is 18.7 Å². The lowest BCUT2D eigenvalue weighted by atomic mass is 10.2. The Kier molecular flexibility index (Phi) is 4.77. The van der Waals surface area contributed by atoms with Crippen LogP contribution in [0.3, 0.4) is 0 Å². The van der Waals surface area contributed by atoms with Crippen molar-refractivity contribution >= 4 is 28.7 Å². The molecule has 0 fully saturated rings. The second-order valence-electron chi connectivity index (χ2n) is 5.91. The van der Waals surface area contributed by atoms with E-state index >= 15 is 0 Å². The van der Waals surface area contributed by atoms with E-state index in [0.717, 1.165) is 18.5 Å². The van der Waals surface area contributed by atoms with E-state index in [9.17, 15) is 18.9 Å². The summed E-state index contributed by atoms with van der Waals surface area (Å²) < 4.78 is 37.5. The molecule has 0 amide bonds. The normalized spacial score (nSPS) is 12.3. The van der Waals surface area contributed by atoms with Gasteiger partial charge >= 0.3 is 5.69 Å². The minimum absolute atomic E-state index is 0.0910. The Morgan fingerprint density at radius 1 is 0.897 bits per heavy atom. The van der Waals surface area contributed by atoms with E-state index in [4.69, 9.17) is 9.47 Å². The minimum Gasteiger partial charge on any atom is -0.486 e. The topological polar surface area (TPSA) is 111 Å². The summed E-state index contributed by atoms with van der Waals surface area (Å²) in [7, 11) is 0. The fourth-order valence-electron chi connectivity index (χ4n) is 2.70. The summed E-state index contributed by atoms with van der Waals surface area (Å²) in [4.78, 5) is 18.8. The van der Waals surface area contributed by atoms with Crippen molar-refractivity contribution in [1.82, 2.24) is 9.97 Å². The molecule has 0 spiro atoms. The van der Waals surface area contributed by atoms with Gasteiger partial charge in [-0.15, -0.1) is 0 Å². The van der Waals surface area contributed by atoms with Crippen LogP contribution in [-0.2, 0) is 0 Å². The van der Waals surface area contributed by atoms with E-state index in [-0.39, 0.29) is 17.3 Å². The van der Waals surface area contributed by atoms with Crippen LogP contribution >= 0.6 is 0 Å². The summed E-state index contributed by atoms with van der Waals surface area (Å²) in [6, 6.07) is 7.96. The summed E-state index contributed by atoms with van der Waals surface area (Å²) in [5.41, 5.74) is 0.109. The van der Waals surface area contributed by atoms with Gasteiger partial charge in [0.2, 0.25) is 11.6 Å². The maximum absolute atomic E-state index is 13.4. The van der Waals surface area contributed by atoms with Crippen LogP contribution in [0.15, 0.2) is 42.7 Å². The van der Waals surface area contributed by atoms with Crippen molar-refractivity contribution in [3.05, 3.63) is 64.5 Å². The molecule has 29 heavy (non-hydrogen) atoms. The molecule has 2 N–H and O–H groups in total. The van der Waals surface area contributed by atoms with Crippen LogP contribution in [0.4, 0.5) is 37.5 Å². The van der Waals surface area contributed by atoms with Crippen LogP contribution in [0, 0.1) is 21.7 Å². The van der Waals surface area contributed by atoms with E-state index in [1.54, 1.807) is 18.2 Å². The lowest BCUT2D eigenvalue weighted by Gasteiger charge is -2.19. The van der Waals surface area contributed by atoms with Crippen molar-refractivity contribution < 1.29 is 23.2 Å². The number of hydrogen-bond donors (Lipinski definition) is 2. The van der Waals surface area contributed by atoms with E-state index in [2.05, 4.69) is 20.6 Å². The molecule has 0 saturated carbocycles. The molecule has 0 radical (unpaired) electrons. The molecule has 11 heteroatoms. The summed E-state index contributed by atoms with van der Waals surface area (Å²) in [5, 5.41) is 17.1. The average Bonchev–Trinajstić information content (AvgIpc) is 2.70. The first-order valence-corrected chi connectivity index (χ1v) is 8.39. The number of anilines is 4. The van der Waals surface area contributed by atoms with Crippen molar-refractivity contribution in [3.63, 3.8) is 0 Å². The zero-order chi connectivity index (χ0) is 20.4. The lowest BCUT2D eigenvalue weighted by molar-refractivity contribution is -0.383. The average molecular weight is 401 g/mol. The van der Waals surface area contributed by atoms with Crippen LogP contribution < -0.4 is 20.1 Å². The number of hydrogen-bond acceptors (Lipinski definition) is 8. The zero-order valence-electron chi connectivity index (χ0n) is 14.7. The van der Waals surface area contributed by atoms with Gasteiger partial charge in [0.15, 0.2) is 23.1 Å². The fourth-order valence-corrected chi connectivity index (χ4v) is 2.70. The van der Waals surface area contributed by atoms with Gasteiger partial charge in [0.25, 0.3) is 0 Å². The molecular weight excluding hydrogens is 388 g/mol. The van der Waals surface area contributed by atoms with Crippen molar-refractivity contribution in [2.75, 3.05) is 23.8 Å². The largest absolute Gasteiger partial charge is 0.486 e. The predicted molar refractivity (Wildman–Crippen MR) is 99.0 cm³/mol. The van der Waals surface area contributed by atoms with Crippen LogP contribution in [0.1, 0.15) is 0 Å². The molecule has 4 rings (SSSR count). The maximum Gasteiger partial charge on any atom is 0.353 e. The second-order valence-corrected chi connectivity index (χ2v) is 5.91. The third-order valence-corrected chi connectivity index (χ3v) is 3.99. The molecule has 3 aromatic rings. The fraction of sp³-hybridized carbons (Fsp3) is 0.111. The summed E-state index contributed by atoms with van der Waals surface area (Å²) in [5.74, 6) is -1.34.